The van der Waals surface area contributed by atoms with Crippen LogP contribution in [-0.4, -0.2) is 54.1 Å². The molecule has 1 aliphatic heterocycles. The number of nitrogens with zero attached hydrogens (tertiary/aromatic N) is 6. The topological polar surface area (TPSA) is 59.3 Å². The summed E-state index contributed by atoms with van der Waals surface area (Å²) in [6, 6.07) is 13.5. The molecule has 1 aliphatic carbocycles. The molecule has 0 radical (unpaired) electrons. The Morgan fingerprint density at radius 3 is 2.25 bits per heavy atom. The molecule has 2 aromatic rings. The van der Waals surface area contributed by atoms with Gasteiger partial charge in [-0.2, -0.15) is 5.26 Å². The zero-order valence-corrected chi connectivity index (χ0v) is 16.8. The third-order valence-electron chi connectivity index (χ3n) is 5.74. The molecule has 1 aromatic carbocycles. The lowest BCUT2D eigenvalue weighted by Gasteiger charge is -2.39. The van der Waals surface area contributed by atoms with Crippen LogP contribution in [-0.2, 0) is 6.54 Å². The third-order valence-corrected chi connectivity index (χ3v) is 5.74. The summed E-state index contributed by atoms with van der Waals surface area (Å²) in [6.07, 6.45) is 6.56. The van der Waals surface area contributed by atoms with Crippen LogP contribution in [0.15, 0.2) is 36.7 Å². The average molecular weight is 377 g/mol. The van der Waals surface area contributed by atoms with E-state index in [1.54, 1.807) is 6.33 Å². The zero-order valence-electron chi connectivity index (χ0n) is 16.8. The highest BCUT2D eigenvalue weighted by atomic mass is 15.3. The first-order valence-electron chi connectivity index (χ1n) is 10.1. The largest absolute Gasteiger partial charge is 0.363 e. The van der Waals surface area contributed by atoms with Gasteiger partial charge < -0.3 is 9.80 Å². The summed E-state index contributed by atoms with van der Waals surface area (Å²) in [5.74, 6) is 2.04. The smallest absolute Gasteiger partial charge is 0.134 e. The molecule has 146 valence electrons. The molecule has 6 heteroatoms. The van der Waals surface area contributed by atoms with E-state index in [1.165, 1.54) is 18.4 Å². The molecule has 1 saturated carbocycles. The van der Waals surface area contributed by atoms with Crippen LogP contribution >= 0.6 is 0 Å². The molecule has 0 N–H and O–H groups in total. The molecule has 0 amide bonds. The molecule has 1 aromatic heterocycles. The minimum absolute atomic E-state index is 0.551. The summed E-state index contributed by atoms with van der Waals surface area (Å²) >= 11 is 0. The molecule has 28 heavy (non-hydrogen) atoms. The fraction of sp³-hybridized carbons (Fsp3) is 0.500. The second kappa shape index (κ2) is 8.15. The molecule has 4 rings (SSSR count). The number of nitriles is 1. The van der Waals surface area contributed by atoms with Gasteiger partial charge >= 0.3 is 0 Å². The zero-order chi connectivity index (χ0) is 19.5. The van der Waals surface area contributed by atoms with Gasteiger partial charge in [0.1, 0.15) is 18.0 Å². The van der Waals surface area contributed by atoms with Crippen LogP contribution in [0.3, 0.4) is 0 Å². The van der Waals surface area contributed by atoms with E-state index in [-0.39, 0.29) is 0 Å². The molecule has 0 atom stereocenters. The van der Waals surface area contributed by atoms with Gasteiger partial charge in [-0.05, 0) is 43.4 Å². The molecule has 2 aliphatic rings. The summed E-state index contributed by atoms with van der Waals surface area (Å²) in [5.41, 5.74) is 2.01. The quantitative estimate of drug-likeness (QED) is 0.772. The molecule has 0 bridgehead atoms. The highest BCUT2D eigenvalue weighted by molar-refractivity contribution is 5.51. The molecule has 6 nitrogen and oxygen atoms in total. The number of hydrogen-bond donors (Lipinski definition) is 0. The minimum atomic E-state index is 0.551. The van der Waals surface area contributed by atoms with Crippen molar-refractivity contribution < 1.29 is 0 Å². The van der Waals surface area contributed by atoms with Crippen molar-refractivity contribution in [2.45, 2.75) is 44.3 Å². The Balaban J connectivity index is 1.40. The second-order valence-corrected chi connectivity index (χ2v) is 8.08. The summed E-state index contributed by atoms with van der Waals surface area (Å²) in [5, 5.41) is 8.95. The first kappa shape index (κ1) is 18.7. The summed E-state index contributed by atoms with van der Waals surface area (Å²) in [6.45, 7) is 3.15. The van der Waals surface area contributed by atoms with Crippen molar-refractivity contribution in [3.8, 4) is 6.07 Å². The van der Waals surface area contributed by atoms with Crippen LogP contribution in [0.4, 0.5) is 11.6 Å². The van der Waals surface area contributed by atoms with E-state index in [1.807, 2.05) is 31.1 Å². The average Bonchev–Trinajstić information content (AvgIpc) is 3.55. The maximum absolute atomic E-state index is 8.95. The highest BCUT2D eigenvalue weighted by Crippen LogP contribution is 2.36. The van der Waals surface area contributed by atoms with E-state index in [0.29, 0.717) is 12.1 Å². The Morgan fingerprint density at radius 2 is 1.64 bits per heavy atom. The van der Waals surface area contributed by atoms with E-state index in [9.17, 15) is 0 Å². The van der Waals surface area contributed by atoms with Gasteiger partial charge in [0.25, 0.3) is 0 Å². The first-order chi connectivity index (χ1) is 13.6. The van der Waals surface area contributed by atoms with Gasteiger partial charge in [-0.1, -0.05) is 12.1 Å². The number of likely N-dealkylation sites (tertiary alicyclic amines) is 1. The van der Waals surface area contributed by atoms with Crippen molar-refractivity contribution in [3.05, 3.63) is 47.8 Å². The molecule has 1 saturated heterocycles. The number of anilines is 2. The van der Waals surface area contributed by atoms with E-state index in [4.69, 9.17) is 5.26 Å². The second-order valence-electron chi connectivity index (χ2n) is 8.08. The van der Waals surface area contributed by atoms with Crippen LogP contribution in [0.2, 0.25) is 0 Å². The molecular formula is C22H28N6. The van der Waals surface area contributed by atoms with Crippen LogP contribution in [0, 0.1) is 11.3 Å². The van der Waals surface area contributed by atoms with E-state index < -0.39 is 0 Å². The monoisotopic (exact) mass is 376 g/mol. The molecule has 2 fully saturated rings. The van der Waals surface area contributed by atoms with Crippen molar-refractivity contribution in [2.75, 3.05) is 37.0 Å². The molecule has 0 spiro atoms. The lowest BCUT2D eigenvalue weighted by atomic mass is 10.0. The van der Waals surface area contributed by atoms with Crippen LogP contribution in [0.1, 0.15) is 36.8 Å². The van der Waals surface area contributed by atoms with E-state index in [2.05, 4.69) is 44.0 Å². The number of rotatable bonds is 6. The van der Waals surface area contributed by atoms with Gasteiger partial charge in [0, 0.05) is 51.9 Å². The van der Waals surface area contributed by atoms with Gasteiger partial charge in [0.05, 0.1) is 11.6 Å². The Kier molecular flexibility index (Phi) is 5.45. The van der Waals surface area contributed by atoms with Gasteiger partial charge in [-0.3, -0.25) is 4.90 Å². The van der Waals surface area contributed by atoms with Crippen molar-refractivity contribution in [2.24, 2.45) is 0 Å². The van der Waals surface area contributed by atoms with E-state index in [0.717, 1.165) is 49.7 Å². The Morgan fingerprint density at radius 1 is 1.00 bits per heavy atom. The van der Waals surface area contributed by atoms with Crippen molar-refractivity contribution in [1.82, 2.24) is 14.9 Å². The van der Waals surface area contributed by atoms with Gasteiger partial charge in [-0.25, -0.2) is 9.97 Å². The highest BCUT2D eigenvalue weighted by Gasteiger charge is 2.36. The lowest BCUT2D eigenvalue weighted by Crippen LogP contribution is -2.46. The Labute approximate surface area is 167 Å². The number of hydrogen-bond acceptors (Lipinski definition) is 6. The molecule has 2 heterocycles. The summed E-state index contributed by atoms with van der Waals surface area (Å²) in [7, 11) is 4.05. The van der Waals surface area contributed by atoms with Crippen LogP contribution < -0.4 is 9.80 Å². The standard InChI is InChI=1S/C22H28N6/c1-26(2)21-13-22(25-16-24-21)28(19-7-8-19)20-9-11-27(12-10-20)15-18-5-3-17(14-23)4-6-18/h3-6,13,16,19-20H,7-12,15H2,1-2H3. The van der Waals surface area contributed by atoms with Crippen molar-refractivity contribution in [3.63, 3.8) is 0 Å². The summed E-state index contributed by atoms with van der Waals surface area (Å²) in [4.78, 5) is 16.1. The predicted octanol–water partition coefficient (Wildman–Crippen LogP) is 3.05. The first-order valence-corrected chi connectivity index (χ1v) is 10.1. The molecular weight excluding hydrogens is 348 g/mol. The lowest BCUT2D eigenvalue weighted by molar-refractivity contribution is 0.200. The van der Waals surface area contributed by atoms with Crippen molar-refractivity contribution >= 4 is 11.6 Å². The minimum Gasteiger partial charge on any atom is -0.363 e. The Hall–Kier alpha value is -2.65. The summed E-state index contributed by atoms with van der Waals surface area (Å²) < 4.78 is 0. The third kappa shape index (κ3) is 4.26. The fourth-order valence-electron chi connectivity index (χ4n) is 4.05. The van der Waals surface area contributed by atoms with Gasteiger partial charge in [0.2, 0.25) is 0 Å². The van der Waals surface area contributed by atoms with Crippen molar-refractivity contribution in [1.29, 1.82) is 5.26 Å². The number of aromatic nitrogens is 2. The van der Waals surface area contributed by atoms with Crippen LogP contribution in [0.5, 0.6) is 0 Å². The fourth-order valence-corrected chi connectivity index (χ4v) is 4.05. The molecule has 0 unspecified atom stereocenters. The normalized spacial score (nSPS) is 17.9. The van der Waals surface area contributed by atoms with Gasteiger partial charge in [-0.15, -0.1) is 0 Å². The van der Waals surface area contributed by atoms with Gasteiger partial charge in [0.15, 0.2) is 0 Å². The number of benzene rings is 1. The predicted molar refractivity (Wildman–Crippen MR) is 111 cm³/mol. The maximum atomic E-state index is 8.95. The Bertz CT molecular complexity index is 829. The van der Waals surface area contributed by atoms with Crippen LogP contribution in [0.25, 0.3) is 0 Å². The number of piperidine rings is 1. The van der Waals surface area contributed by atoms with E-state index >= 15 is 0 Å². The SMILES string of the molecule is CN(C)c1cc(N(C2CC2)C2CCN(Cc3ccc(C#N)cc3)CC2)ncn1. The maximum Gasteiger partial charge on any atom is 0.134 e.